The van der Waals surface area contributed by atoms with E-state index < -0.39 is 0 Å². The average molecular weight is 311 g/mol. The standard InChI is InChI=1S/C15H16Cl2N2O/c1-9(2)12-6-15(18-7-10(12)8-20)19-14-4-3-11(16)5-13(14)17/h3-7,9,20H,8H2,1-2H3,(H,18,19). The van der Waals surface area contributed by atoms with Crippen molar-refractivity contribution in [2.45, 2.75) is 26.4 Å². The molecule has 2 rings (SSSR count). The van der Waals surface area contributed by atoms with Gasteiger partial charge in [-0.3, -0.25) is 0 Å². The molecule has 0 fully saturated rings. The highest BCUT2D eigenvalue weighted by atomic mass is 35.5. The third kappa shape index (κ3) is 3.42. The third-order valence-corrected chi connectivity index (χ3v) is 3.56. The van der Waals surface area contributed by atoms with Crippen LogP contribution in [0, 0.1) is 0 Å². The summed E-state index contributed by atoms with van der Waals surface area (Å²) < 4.78 is 0. The topological polar surface area (TPSA) is 45.2 Å². The number of nitrogens with zero attached hydrogens (tertiary/aromatic N) is 1. The highest BCUT2D eigenvalue weighted by Crippen LogP contribution is 2.29. The molecule has 1 heterocycles. The van der Waals surface area contributed by atoms with E-state index in [2.05, 4.69) is 24.1 Å². The molecule has 0 spiro atoms. The maximum atomic E-state index is 9.33. The van der Waals surface area contributed by atoms with Gasteiger partial charge in [-0.05, 0) is 41.3 Å². The molecule has 20 heavy (non-hydrogen) atoms. The van der Waals surface area contributed by atoms with E-state index in [4.69, 9.17) is 23.2 Å². The second-order valence-corrected chi connectivity index (χ2v) is 5.67. The summed E-state index contributed by atoms with van der Waals surface area (Å²) in [5.41, 5.74) is 2.65. The van der Waals surface area contributed by atoms with E-state index in [1.54, 1.807) is 24.4 Å². The van der Waals surface area contributed by atoms with Crippen molar-refractivity contribution in [3.8, 4) is 0 Å². The van der Waals surface area contributed by atoms with Crippen LogP contribution in [-0.4, -0.2) is 10.1 Å². The SMILES string of the molecule is CC(C)c1cc(Nc2ccc(Cl)cc2Cl)ncc1CO. The Morgan fingerprint density at radius 3 is 2.60 bits per heavy atom. The summed E-state index contributed by atoms with van der Waals surface area (Å²) in [5, 5.41) is 13.6. The number of benzene rings is 1. The molecule has 2 N–H and O–H groups in total. The molecule has 1 aromatic carbocycles. The molecule has 2 aromatic rings. The average Bonchev–Trinajstić information content (AvgIpc) is 2.41. The molecule has 0 amide bonds. The van der Waals surface area contributed by atoms with Crippen molar-refractivity contribution >= 4 is 34.7 Å². The number of aliphatic hydroxyl groups excluding tert-OH is 1. The van der Waals surface area contributed by atoms with Crippen LogP contribution in [0.25, 0.3) is 0 Å². The third-order valence-electron chi connectivity index (χ3n) is 3.01. The monoisotopic (exact) mass is 310 g/mol. The minimum absolute atomic E-state index is 0.0114. The lowest BCUT2D eigenvalue weighted by molar-refractivity contribution is 0.279. The summed E-state index contributed by atoms with van der Waals surface area (Å²) >= 11 is 12.0. The van der Waals surface area contributed by atoms with E-state index in [0.717, 1.165) is 16.8 Å². The largest absolute Gasteiger partial charge is 0.392 e. The molecule has 0 atom stereocenters. The van der Waals surface area contributed by atoms with Crippen molar-refractivity contribution in [3.05, 3.63) is 51.6 Å². The van der Waals surface area contributed by atoms with E-state index in [9.17, 15) is 5.11 Å². The second kappa shape index (κ2) is 6.44. The zero-order valence-corrected chi connectivity index (χ0v) is 12.8. The Hall–Kier alpha value is -1.29. The molecular formula is C15H16Cl2N2O. The molecule has 0 saturated carbocycles. The summed E-state index contributed by atoms with van der Waals surface area (Å²) in [4.78, 5) is 4.29. The molecule has 0 radical (unpaired) electrons. The minimum atomic E-state index is -0.0114. The Morgan fingerprint density at radius 1 is 1.25 bits per heavy atom. The smallest absolute Gasteiger partial charge is 0.130 e. The number of aromatic nitrogens is 1. The molecule has 5 heteroatoms. The quantitative estimate of drug-likeness (QED) is 0.856. The Labute approximate surface area is 128 Å². The second-order valence-electron chi connectivity index (χ2n) is 4.83. The summed E-state index contributed by atoms with van der Waals surface area (Å²) in [6.07, 6.45) is 1.68. The van der Waals surface area contributed by atoms with Gasteiger partial charge in [-0.2, -0.15) is 0 Å². The molecule has 0 saturated heterocycles. The number of hydrogen-bond acceptors (Lipinski definition) is 3. The van der Waals surface area contributed by atoms with Gasteiger partial charge in [0.2, 0.25) is 0 Å². The predicted octanol–water partition coefficient (Wildman–Crippen LogP) is 4.75. The highest BCUT2D eigenvalue weighted by molar-refractivity contribution is 6.36. The molecular weight excluding hydrogens is 295 g/mol. The van der Waals surface area contributed by atoms with Crippen LogP contribution in [0.1, 0.15) is 30.9 Å². The van der Waals surface area contributed by atoms with Gasteiger partial charge in [0.25, 0.3) is 0 Å². The number of nitrogens with one attached hydrogen (secondary N) is 1. The zero-order chi connectivity index (χ0) is 14.7. The van der Waals surface area contributed by atoms with E-state index >= 15 is 0 Å². The van der Waals surface area contributed by atoms with Gasteiger partial charge in [-0.25, -0.2) is 4.98 Å². The lowest BCUT2D eigenvalue weighted by Crippen LogP contribution is -2.01. The maximum absolute atomic E-state index is 9.33. The fourth-order valence-electron chi connectivity index (χ4n) is 1.97. The first-order valence-corrected chi connectivity index (χ1v) is 7.08. The maximum Gasteiger partial charge on any atom is 0.130 e. The van der Waals surface area contributed by atoms with Gasteiger partial charge in [0.05, 0.1) is 17.3 Å². The van der Waals surface area contributed by atoms with Crippen LogP contribution in [0.3, 0.4) is 0 Å². The molecule has 0 aliphatic carbocycles. The number of aliphatic hydroxyl groups is 1. The summed E-state index contributed by atoms with van der Waals surface area (Å²) in [5.74, 6) is 0.997. The Morgan fingerprint density at radius 2 is 2.00 bits per heavy atom. The van der Waals surface area contributed by atoms with Gasteiger partial charge in [0.1, 0.15) is 5.82 Å². The van der Waals surface area contributed by atoms with Gasteiger partial charge in [0, 0.05) is 11.2 Å². The lowest BCUT2D eigenvalue weighted by Gasteiger charge is -2.14. The van der Waals surface area contributed by atoms with E-state index in [0.29, 0.717) is 21.8 Å². The van der Waals surface area contributed by atoms with Crippen LogP contribution < -0.4 is 5.32 Å². The van der Waals surface area contributed by atoms with Crippen LogP contribution in [0.15, 0.2) is 30.5 Å². The molecule has 3 nitrogen and oxygen atoms in total. The first-order chi connectivity index (χ1) is 9.51. The van der Waals surface area contributed by atoms with Gasteiger partial charge >= 0.3 is 0 Å². The highest BCUT2D eigenvalue weighted by Gasteiger charge is 2.09. The van der Waals surface area contributed by atoms with Gasteiger partial charge < -0.3 is 10.4 Å². The number of pyridine rings is 1. The van der Waals surface area contributed by atoms with Crippen molar-refractivity contribution < 1.29 is 5.11 Å². The van der Waals surface area contributed by atoms with Gasteiger partial charge in [-0.1, -0.05) is 37.0 Å². The van der Waals surface area contributed by atoms with Crippen LogP contribution in [0.5, 0.6) is 0 Å². The van der Waals surface area contributed by atoms with Gasteiger partial charge in [0.15, 0.2) is 0 Å². The number of rotatable bonds is 4. The van der Waals surface area contributed by atoms with Crippen LogP contribution >= 0.6 is 23.2 Å². The number of anilines is 2. The fraction of sp³-hybridized carbons (Fsp3) is 0.267. The van der Waals surface area contributed by atoms with E-state index in [1.165, 1.54) is 0 Å². The van der Waals surface area contributed by atoms with Crippen molar-refractivity contribution in [3.63, 3.8) is 0 Å². The normalized spacial score (nSPS) is 10.9. The summed E-state index contributed by atoms with van der Waals surface area (Å²) in [6.45, 7) is 4.14. The first kappa shape index (κ1) is 15.1. The van der Waals surface area contributed by atoms with Crippen molar-refractivity contribution in [1.29, 1.82) is 0 Å². The molecule has 0 aliphatic rings. The summed E-state index contributed by atoms with van der Waals surface area (Å²) in [7, 11) is 0. The van der Waals surface area contributed by atoms with Crippen molar-refractivity contribution in [2.24, 2.45) is 0 Å². The Kier molecular flexibility index (Phi) is 4.86. The molecule has 1 aromatic heterocycles. The van der Waals surface area contributed by atoms with Crippen molar-refractivity contribution in [1.82, 2.24) is 4.98 Å². The van der Waals surface area contributed by atoms with Crippen LogP contribution in [0.2, 0.25) is 10.0 Å². The number of halogens is 2. The lowest BCUT2D eigenvalue weighted by atomic mass is 9.99. The molecule has 0 unspecified atom stereocenters. The minimum Gasteiger partial charge on any atom is -0.392 e. The molecule has 0 aliphatic heterocycles. The van der Waals surface area contributed by atoms with Crippen molar-refractivity contribution in [2.75, 3.05) is 5.32 Å². The van der Waals surface area contributed by atoms with Gasteiger partial charge in [-0.15, -0.1) is 0 Å². The molecule has 0 bridgehead atoms. The van der Waals surface area contributed by atoms with Crippen LogP contribution in [0.4, 0.5) is 11.5 Å². The Bertz CT molecular complexity index is 615. The number of hydrogen-bond donors (Lipinski definition) is 2. The van der Waals surface area contributed by atoms with Crippen LogP contribution in [-0.2, 0) is 6.61 Å². The van der Waals surface area contributed by atoms with E-state index in [1.807, 2.05) is 6.07 Å². The zero-order valence-electron chi connectivity index (χ0n) is 11.3. The fourth-order valence-corrected chi connectivity index (χ4v) is 2.42. The molecule has 106 valence electrons. The Balaban J connectivity index is 2.32. The van der Waals surface area contributed by atoms with E-state index in [-0.39, 0.29) is 6.61 Å². The summed E-state index contributed by atoms with van der Waals surface area (Å²) in [6, 6.07) is 7.18. The predicted molar refractivity (Wildman–Crippen MR) is 84.0 cm³/mol. The first-order valence-electron chi connectivity index (χ1n) is 6.33.